The molecule has 10 heteroatoms. The van der Waals surface area contributed by atoms with Crippen molar-refractivity contribution in [2.45, 2.75) is 57.7 Å². The summed E-state index contributed by atoms with van der Waals surface area (Å²) in [6.45, 7) is 11.6. The topological polar surface area (TPSA) is 89.2 Å². The Labute approximate surface area is 240 Å². The van der Waals surface area contributed by atoms with Gasteiger partial charge in [0.15, 0.2) is 0 Å². The van der Waals surface area contributed by atoms with Crippen LogP contribution in [0.3, 0.4) is 0 Å². The molecule has 3 aliphatic rings. The minimum atomic E-state index is -0.00163. The average Bonchev–Trinajstić information content (AvgIpc) is 3.69. The quantitative estimate of drug-likeness (QED) is 0.417. The van der Waals surface area contributed by atoms with Crippen LogP contribution in [-0.4, -0.2) is 69.8 Å². The Morgan fingerprint density at radius 2 is 2.05 bits per heavy atom. The molecule has 0 saturated carbocycles. The Morgan fingerprint density at radius 3 is 2.80 bits per heavy atom. The second-order valence-corrected chi connectivity index (χ2v) is 11.7. The van der Waals surface area contributed by atoms with E-state index in [2.05, 4.69) is 60.4 Å². The number of ether oxygens (including phenoxy) is 1. The molecule has 2 fully saturated rings. The molecule has 40 heavy (non-hydrogen) atoms. The molecule has 3 aromatic rings. The van der Waals surface area contributed by atoms with E-state index in [4.69, 9.17) is 26.5 Å². The van der Waals surface area contributed by atoms with E-state index >= 15 is 0 Å². The number of fused-ring (bicyclic) bond motifs is 2. The number of nitrogens with one attached hydrogen (secondary N) is 2. The van der Waals surface area contributed by atoms with Crippen LogP contribution in [0.2, 0.25) is 0 Å². The zero-order chi connectivity index (χ0) is 28.0. The van der Waals surface area contributed by atoms with Gasteiger partial charge in [-0.05, 0) is 51.3 Å². The maximum atomic E-state index is 12.2. The molecule has 2 aromatic heterocycles. The lowest BCUT2D eigenvalue weighted by Gasteiger charge is -2.34. The van der Waals surface area contributed by atoms with Crippen LogP contribution in [0, 0.1) is 12.8 Å². The number of piperidine rings is 1. The van der Waals surface area contributed by atoms with Gasteiger partial charge in [0, 0.05) is 78.1 Å². The van der Waals surface area contributed by atoms with E-state index in [1.165, 1.54) is 17.2 Å². The smallest absolute Gasteiger partial charge is 0.245 e. The second-order valence-electron chi connectivity index (χ2n) is 11.3. The number of allylic oxidation sites excluding steroid dienone is 1. The summed E-state index contributed by atoms with van der Waals surface area (Å²) in [4.78, 5) is 14.1. The lowest BCUT2D eigenvalue weighted by molar-refractivity contribution is -0.127. The number of amides is 1. The number of likely N-dealkylation sites (tertiary alicyclic amines) is 1. The monoisotopic (exact) mass is 563 g/mol. The standard InChI is InChI=1S/C30H38ClN7O2/c1-5-26(39)36-10-8-22(9-11-36)38-19(3)27(28-23-16-32-33-25(23)14-18(2)29(28)31)30(35-38)20-6-7-24-21(15-20)17-37(34-24)12-13-40-4/h5-7,15,17,22-23,25,28,32-33H,1,8-14,16H2,2-4H3/t23-,25-,28-/m1/s1. The number of carbonyl (C=O) groups excluding carboxylic acids is 1. The molecule has 2 saturated heterocycles. The van der Waals surface area contributed by atoms with Gasteiger partial charge in [-0.1, -0.05) is 29.8 Å². The molecule has 3 atom stereocenters. The number of methoxy groups -OCH3 is 1. The minimum absolute atomic E-state index is 0.00163. The summed E-state index contributed by atoms with van der Waals surface area (Å²) in [6, 6.07) is 6.95. The van der Waals surface area contributed by atoms with Crippen LogP contribution in [0.25, 0.3) is 22.2 Å². The number of nitrogens with zero attached hydrogens (tertiary/aromatic N) is 5. The lowest BCUT2D eigenvalue weighted by atomic mass is 9.73. The molecular weight excluding hydrogens is 526 g/mol. The van der Waals surface area contributed by atoms with Crippen molar-refractivity contribution < 1.29 is 9.53 Å². The minimum Gasteiger partial charge on any atom is -0.383 e. The molecule has 4 heterocycles. The Hall–Kier alpha value is -2.98. The third-order valence-corrected chi connectivity index (χ3v) is 9.49. The first-order chi connectivity index (χ1) is 19.4. The molecule has 1 aromatic carbocycles. The molecule has 0 spiro atoms. The van der Waals surface area contributed by atoms with E-state index in [1.807, 2.05) is 9.58 Å². The Kier molecular flexibility index (Phi) is 7.56. The molecule has 2 N–H and O–H groups in total. The molecule has 6 rings (SSSR count). The van der Waals surface area contributed by atoms with Gasteiger partial charge in [0.25, 0.3) is 0 Å². The number of aromatic nitrogens is 4. The highest BCUT2D eigenvalue weighted by Gasteiger charge is 2.43. The van der Waals surface area contributed by atoms with Crippen molar-refractivity contribution in [3.8, 4) is 11.3 Å². The van der Waals surface area contributed by atoms with E-state index in [0.717, 1.165) is 58.7 Å². The molecule has 9 nitrogen and oxygen atoms in total. The first-order valence-corrected chi connectivity index (χ1v) is 14.6. The summed E-state index contributed by atoms with van der Waals surface area (Å²) < 4.78 is 9.39. The molecule has 0 bridgehead atoms. The van der Waals surface area contributed by atoms with Crippen LogP contribution in [0.1, 0.15) is 49.4 Å². The van der Waals surface area contributed by atoms with Gasteiger partial charge in [-0.2, -0.15) is 10.2 Å². The van der Waals surface area contributed by atoms with Gasteiger partial charge in [0.05, 0.1) is 30.4 Å². The molecular formula is C30H38ClN7O2. The van der Waals surface area contributed by atoms with Crippen molar-refractivity contribution in [3.63, 3.8) is 0 Å². The van der Waals surface area contributed by atoms with Gasteiger partial charge in [-0.25, -0.2) is 0 Å². The number of carbonyl (C=O) groups is 1. The normalized spacial score (nSPS) is 23.7. The van der Waals surface area contributed by atoms with E-state index in [-0.39, 0.29) is 17.9 Å². The van der Waals surface area contributed by atoms with Crippen LogP contribution in [-0.2, 0) is 16.1 Å². The van der Waals surface area contributed by atoms with E-state index in [0.29, 0.717) is 38.2 Å². The fourth-order valence-corrected chi connectivity index (χ4v) is 7.14. The maximum absolute atomic E-state index is 12.2. The second kappa shape index (κ2) is 11.1. The first-order valence-electron chi connectivity index (χ1n) is 14.2. The van der Waals surface area contributed by atoms with Crippen LogP contribution < -0.4 is 10.9 Å². The predicted molar refractivity (Wildman–Crippen MR) is 157 cm³/mol. The summed E-state index contributed by atoms with van der Waals surface area (Å²) in [7, 11) is 1.70. The van der Waals surface area contributed by atoms with E-state index < -0.39 is 0 Å². The van der Waals surface area contributed by atoms with Gasteiger partial charge in [0.2, 0.25) is 5.91 Å². The Balaban J connectivity index is 1.44. The summed E-state index contributed by atoms with van der Waals surface area (Å²) in [5, 5.41) is 12.1. The number of hydrogen-bond donors (Lipinski definition) is 2. The van der Waals surface area contributed by atoms with Crippen molar-refractivity contribution in [2.75, 3.05) is 33.4 Å². The van der Waals surface area contributed by atoms with Crippen LogP contribution in [0.15, 0.2) is 47.7 Å². The average molecular weight is 564 g/mol. The predicted octanol–water partition coefficient (Wildman–Crippen LogP) is 4.30. The number of benzene rings is 1. The Morgan fingerprint density at radius 1 is 1.25 bits per heavy atom. The van der Waals surface area contributed by atoms with Gasteiger partial charge >= 0.3 is 0 Å². The van der Waals surface area contributed by atoms with Gasteiger partial charge in [0.1, 0.15) is 0 Å². The summed E-state index contributed by atoms with van der Waals surface area (Å²) in [6.07, 6.45) is 6.14. The zero-order valence-electron chi connectivity index (χ0n) is 23.5. The number of halogens is 1. The fourth-order valence-electron chi connectivity index (χ4n) is 6.79. The largest absolute Gasteiger partial charge is 0.383 e. The number of hydrogen-bond acceptors (Lipinski definition) is 6. The molecule has 0 radical (unpaired) electrons. The molecule has 1 aliphatic carbocycles. The zero-order valence-corrected chi connectivity index (χ0v) is 24.2. The highest BCUT2D eigenvalue weighted by molar-refractivity contribution is 6.31. The number of rotatable bonds is 7. The third-order valence-electron chi connectivity index (χ3n) is 8.93. The van der Waals surface area contributed by atoms with Gasteiger partial charge in [-0.3, -0.25) is 25.0 Å². The van der Waals surface area contributed by atoms with Crippen LogP contribution in [0.4, 0.5) is 0 Å². The maximum Gasteiger partial charge on any atom is 0.245 e. The van der Waals surface area contributed by atoms with Crippen molar-refractivity contribution in [1.29, 1.82) is 0 Å². The number of hydrazine groups is 1. The fraction of sp³-hybridized carbons (Fsp3) is 0.500. The highest BCUT2D eigenvalue weighted by Crippen LogP contribution is 2.49. The molecule has 212 valence electrons. The summed E-state index contributed by atoms with van der Waals surface area (Å²) in [5.41, 5.74) is 13.5. The lowest BCUT2D eigenvalue weighted by Crippen LogP contribution is -2.38. The van der Waals surface area contributed by atoms with Crippen LogP contribution in [0.5, 0.6) is 0 Å². The summed E-state index contributed by atoms with van der Waals surface area (Å²) >= 11 is 7.19. The van der Waals surface area contributed by atoms with Crippen molar-refractivity contribution in [2.24, 2.45) is 5.92 Å². The van der Waals surface area contributed by atoms with Crippen molar-refractivity contribution >= 4 is 28.4 Å². The van der Waals surface area contributed by atoms with E-state index in [9.17, 15) is 4.79 Å². The molecule has 2 aliphatic heterocycles. The van der Waals surface area contributed by atoms with Gasteiger partial charge < -0.3 is 9.64 Å². The van der Waals surface area contributed by atoms with Gasteiger partial charge in [-0.15, -0.1) is 0 Å². The molecule has 0 unspecified atom stereocenters. The van der Waals surface area contributed by atoms with Crippen molar-refractivity contribution in [3.05, 3.63) is 58.9 Å². The van der Waals surface area contributed by atoms with Crippen molar-refractivity contribution in [1.82, 2.24) is 35.3 Å². The SMILES string of the molecule is C=CC(=O)N1CCC(n2nc(-c3ccc4nn(CCOC)cc4c3)c([C@@H]3C(Cl)=C(C)C[C@H]4NNC[C@H]43)c2C)CC1. The summed E-state index contributed by atoms with van der Waals surface area (Å²) in [5.74, 6) is 0.381. The molecule has 1 amide bonds. The third kappa shape index (κ3) is 4.79. The van der Waals surface area contributed by atoms with E-state index in [1.54, 1.807) is 7.11 Å². The highest BCUT2D eigenvalue weighted by atomic mass is 35.5. The Bertz CT molecular complexity index is 1470. The van der Waals surface area contributed by atoms with Crippen LogP contribution >= 0.6 is 11.6 Å². The first kappa shape index (κ1) is 27.2.